The van der Waals surface area contributed by atoms with E-state index >= 15 is 0 Å². The molecule has 1 aromatic heterocycles. The molecule has 0 unspecified atom stereocenters. The van der Waals surface area contributed by atoms with Crippen molar-refractivity contribution < 1.29 is 26.8 Å². The summed E-state index contributed by atoms with van der Waals surface area (Å²) in [7, 11) is -2.60. The molecule has 0 radical (unpaired) electrons. The van der Waals surface area contributed by atoms with Crippen molar-refractivity contribution in [3.05, 3.63) is 94.8 Å². The van der Waals surface area contributed by atoms with Crippen molar-refractivity contribution in [2.45, 2.75) is 18.7 Å². The van der Waals surface area contributed by atoms with Crippen molar-refractivity contribution in [1.82, 2.24) is 4.83 Å². The molecule has 0 aliphatic carbocycles. The third kappa shape index (κ3) is 5.17. The van der Waals surface area contributed by atoms with Crippen molar-refractivity contribution in [2.24, 2.45) is 5.10 Å². The molecule has 35 heavy (non-hydrogen) atoms. The molecule has 0 atom stereocenters. The van der Waals surface area contributed by atoms with E-state index in [1.165, 1.54) is 49.6 Å². The Hall–Kier alpha value is -4.18. The zero-order valence-electron chi connectivity index (χ0n) is 19.1. The van der Waals surface area contributed by atoms with Crippen LogP contribution < -0.4 is 20.4 Å². The van der Waals surface area contributed by atoms with Gasteiger partial charge in [0.25, 0.3) is 15.9 Å². The second-order valence-corrected chi connectivity index (χ2v) is 9.42. The van der Waals surface area contributed by atoms with E-state index in [9.17, 15) is 17.6 Å². The average molecular weight is 496 g/mol. The fourth-order valence-electron chi connectivity index (χ4n) is 3.30. The van der Waals surface area contributed by atoms with E-state index in [2.05, 4.69) is 15.2 Å². The highest BCUT2D eigenvalue weighted by atomic mass is 32.2. The first-order valence-electron chi connectivity index (χ1n) is 10.5. The van der Waals surface area contributed by atoms with Gasteiger partial charge in [0.05, 0.1) is 12.0 Å². The number of ether oxygens (including phenoxy) is 1. The molecule has 3 aromatic carbocycles. The standard InChI is InChI=1S/C25H22FN3O5S/c1-15-7-12-20(13-16(15)2)35(31,32)29-28-25-21(24(30)27-19-10-8-18(26)9-11-19)14-17-5-4-6-22(33-3)23(17)34-25/h4-14,29H,1-3H3,(H,27,30). The first-order chi connectivity index (χ1) is 16.7. The van der Waals surface area contributed by atoms with Crippen molar-refractivity contribution in [1.29, 1.82) is 0 Å². The second kappa shape index (κ2) is 9.59. The van der Waals surface area contributed by atoms with Crippen molar-refractivity contribution in [3.8, 4) is 5.75 Å². The predicted octanol–water partition coefficient (Wildman–Crippen LogP) is 4.24. The van der Waals surface area contributed by atoms with Crippen LogP contribution in [0.3, 0.4) is 0 Å². The highest BCUT2D eigenvalue weighted by Gasteiger charge is 2.18. The van der Waals surface area contributed by atoms with Crippen molar-refractivity contribution >= 4 is 32.6 Å². The number of carbonyl (C=O) groups is 1. The van der Waals surface area contributed by atoms with E-state index in [0.717, 1.165) is 11.1 Å². The number of para-hydroxylation sites is 1. The summed E-state index contributed by atoms with van der Waals surface area (Å²) in [5.74, 6) is -0.706. The van der Waals surface area contributed by atoms with Gasteiger partial charge in [-0.05, 0) is 73.5 Å². The number of sulfonamides is 1. The Labute approximate surface area is 201 Å². The van der Waals surface area contributed by atoms with Gasteiger partial charge in [-0.15, -0.1) is 5.10 Å². The smallest absolute Gasteiger partial charge is 0.276 e. The molecule has 0 saturated carbocycles. The van der Waals surface area contributed by atoms with Gasteiger partial charge in [0, 0.05) is 11.1 Å². The summed E-state index contributed by atoms with van der Waals surface area (Å²) in [5.41, 5.74) is 2.03. The van der Waals surface area contributed by atoms with Gasteiger partial charge < -0.3 is 14.5 Å². The second-order valence-electron chi connectivity index (χ2n) is 7.76. The quantitative estimate of drug-likeness (QED) is 0.389. The van der Waals surface area contributed by atoms with E-state index in [0.29, 0.717) is 16.8 Å². The van der Waals surface area contributed by atoms with E-state index in [1.807, 2.05) is 6.92 Å². The van der Waals surface area contributed by atoms with Gasteiger partial charge in [-0.2, -0.15) is 13.2 Å². The summed E-state index contributed by atoms with van der Waals surface area (Å²) in [4.78, 5) is 15.2. The third-order valence-electron chi connectivity index (χ3n) is 5.36. The summed E-state index contributed by atoms with van der Waals surface area (Å²) in [6.45, 7) is 3.67. The lowest BCUT2D eigenvalue weighted by atomic mass is 10.1. The number of amides is 1. The molecule has 8 nitrogen and oxygen atoms in total. The number of anilines is 1. The molecule has 1 amide bonds. The minimum absolute atomic E-state index is 0.0139. The minimum atomic E-state index is -4.05. The number of hydrogen-bond acceptors (Lipinski definition) is 6. The van der Waals surface area contributed by atoms with Crippen LogP contribution in [0.5, 0.6) is 5.75 Å². The van der Waals surface area contributed by atoms with Crippen LogP contribution in [0.2, 0.25) is 0 Å². The SMILES string of the molecule is COc1cccc2cc(C(=O)Nc3ccc(F)cc3)c(=NNS(=O)(=O)c3ccc(C)c(C)c3)oc12. The van der Waals surface area contributed by atoms with Gasteiger partial charge in [-0.3, -0.25) is 4.79 Å². The van der Waals surface area contributed by atoms with Crippen LogP contribution in [0, 0.1) is 19.7 Å². The molecule has 0 saturated heterocycles. The zero-order chi connectivity index (χ0) is 25.2. The number of benzene rings is 3. The van der Waals surface area contributed by atoms with E-state index in [4.69, 9.17) is 9.15 Å². The summed E-state index contributed by atoms with van der Waals surface area (Å²) in [6, 6.07) is 16.5. The Kier molecular flexibility index (Phi) is 6.57. The van der Waals surface area contributed by atoms with Crippen LogP contribution >= 0.6 is 0 Å². The summed E-state index contributed by atoms with van der Waals surface area (Å²) < 4.78 is 50.1. The van der Waals surface area contributed by atoms with Gasteiger partial charge in [0.1, 0.15) is 11.4 Å². The highest BCUT2D eigenvalue weighted by Crippen LogP contribution is 2.25. The Balaban J connectivity index is 1.80. The Morgan fingerprint density at radius 2 is 1.74 bits per heavy atom. The molecule has 0 fully saturated rings. The molecule has 0 aliphatic heterocycles. The van der Waals surface area contributed by atoms with Crippen molar-refractivity contribution in [3.63, 3.8) is 0 Å². The monoisotopic (exact) mass is 495 g/mol. The number of nitrogens with one attached hydrogen (secondary N) is 2. The lowest BCUT2D eigenvalue weighted by molar-refractivity contribution is 0.102. The third-order valence-corrected chi connectivity index (χ3v) is 6.57. The highest BCUT2D eigenvalue weighted by molar-refractivity contribution is 7.89. The average Bonchev–Trinajstić information content (AvgIpc) is 2.84. The van der Waals surface area contributed by atoms with Gasteiger partial charge in [-0.25, -0.2) is 4.39 Å². The first-order valence-corrected chi connectivity index (χ1v) is 12.0. The fraction of sp³-hybridized carbons (Fsp3) is 0.120. The molecular weight excluding hydrogens is 473 g/mol. The van der Waals surface area contributed by atoms with Crippen LogP contribution in [0.1, 0.15) is 21.5 Å². The Morgan fingerprint density at radius 3 is 2.43 bits per heavy atom. The summed E-state index contributed by atoms with van der Waals surface area (Å²) in [5, 5.41) is 7.09. The number of nitrogens with zero attached hydrogens (tertiary/aromatic N) is 1. The number of halogens is 1. The maximum absolute atomic E-state index is 13.2. The van der Waals surface area contributed by atoms with Gasteiger partial charge >= 0.3 is 0 Å². The maximum Gasteiger partial charge on any atom is 0.276 e. The molecule has 1 heterocycles. The molecule has 10 heteroatoms. The van der Waals surface area contributed by atoms with Crippen LogP contribution in [0.15, 0.2) is 81.1 Å². The molecule has 2 N–H and O–H groups in total. The number of hydrogen-bond donors (Lipinski definition) is 2. The van der Waals surface area contributed by atoms with Gasteiger partial charge in [-0.1, -0.05) is 18.2 Å². The van der Waals surface area contributed by atoms with Crippen LogP contribution in [-0.2, 0) is 10.0 Å². The lowest BCUT2D eigenvalue weighted by Crippen LogP contribution is -2.27. The normalized spacial score (nSPS) is 11.9. The molecule has 4 aromatic rings. The van der Waals surface area contributed by atoms with Crippen molar-refractivity contribution in [2.75, 3.05) is 12.4 Å². The minimum Gasteiger partial charge on any atom is -0.493 e. The molecule has 0 aliphatic rings. The van der Waals surface area contributed by atoms with Gasteiger partial charge in [0.2, 0.25) is 5.55 Å². The molecular formula is C25H22FN3O5S. The Morgan fingerprint density at radius 1 is 1.00 bits per heavy atom. The van der Waals surface area contributed by atoms with E-state index in [1.54, 1.807) is 31.2 Å². The van der Waals surface area contributed by atoms with E-state index in [-0.39, 0.29) is 21.6 Å². The number of aryl methyl sites for hydroxylation is 2. The molecule has 0 bridgehead atoms. The van der Waals surface area contributed by atoms with E-state index < -0.39 is 21.7 Å². The van der Waals surface area contributed by atoms with Crippen LogP contribution in [0.4, 0.5) is 10.1 Å². The predicted molar refractivity (Wildman–Crippen MR) is 129 cm³/mol. The molecule has 0 spiro atoms. The summed E-state index contributed by atoms with van der Waals surface area (Å²) in [6.07, 6.45) is 0. The molecule has 4 rings (SSSR count). The zero-order valence-corrected chi connectivity index (χ0v) is 19.9. The topological polar surface area (TPSA) is 110 Å². The van der Waals surface area contributed by atoms with Crippen LogP contribution in [-0.4, -0.2) is 21.4 Å². The number of rotatable bonds is 6. The Bertz CT molecular complexity index is 1600. The fourth-order valence-corrected chi connectivity index (χ4v) is 4.19. The van der Waals surface area contributed by atoms with Crippen LogP contribution in [0.25, 0.3) is 11.0 Å². The lowest BCUT2D eigenvalue weighted by Gasteiger charge is -2.09. The molecule has 180 valence electrons. The first kappa shape index (κ1) is 24.0. The maximum atomic E-state index is 13.2. The number of fused-ring (bicyclic) bond motifs is 1. The number of methoxy groups -OCH3 is 1. The van der Waals surface area contributed by atoms with Gasteiger partial charge in [0.15, 0.2) is 11.3 Å². The summed E-state index contributed by atoms with van der Waals surface area (Å²) >= 11 is 0. The largest absolute Gasteiger partial charge is 0.493 e. The number of carbonyl (C=O) groups excluding carboxylic acids is 1.